The molecule has 0 saturated carbocycles. The van der Waals surface area contributed by atoms with Crippen LogP contribution in [0.1, 0.15) is 11.5 Å². The minimum atomic E-state index is 0.115. The molecule has 0 saturated heterocycles. The van der Waals surface area contributed by atoms with Gasteiger partial charge in [-0.1, -0.05) is 28.9 Å². The molecule has 0 unspecified atom stereocenters. The number of hydrogen-bond donors (Lipinski definition) is 0. The van der Waals surface area contributed by atoms with E-state index in [0.29, 0.717) is 16.8 Å². The molecule has 0 atom stereocenters. The summed E-state index contributed by atoms with van der Waals surface area (Å²) >= 11 is 10.7. The average molecular weight is 399 g/mol. The van der Waals surface area contributed by atoms with Crippen molar-refractivity contribution < 1.29 is 9.25 Å². The van der Waals surface area contributed by atoms with Crippen molar-refractivity contribution >= 4 is 45.1 Å². The van der Waals surface area contributed by atoms with E-state index in [-0.39, 0.29) is 6.61 Å². The zero-order valence-corrected chi connectivity index (χ0v) is 14.2. The van der Waals surface area contributed by atoms with Crippen LogP contribution in [0.5, 0.6) is 0 Å². The van der Waals surface area contributed by atoms with Crippen LogP contribution in [0.15, 0.2) is 49.8 Å². The number of halogens is 2. The Bertz CT molecular complexity index is 785. The van der Waals surface area contributed by atoms with Crippen LogP contribution in [0.2, 0.25) is 5.02 Å². The first-order valence-electron chi connectivity index (χ1n) is 6.20. The topological polar surface area (TPSA) is 60.5 Å². The third-order valence-corrected chi connectivity index (χ3v) is 4.45. The van der Waals surface area contributed by atoms with Crippen molar-refractivity contribution in [2.45, 2.75) is 6.61 Å². The monoisotopic (exact) mass is 397 g/mol. The minimum absolute atomic E-state index is 0.115. The molecule has 8 heteroatoms. The molecule has 3 aromatic rings. The van der Waals surface area contributed by atoms with Gasteiger partial charge in [0.25, 0.3) is 11.8 Å². The molecule has 0 bridgehead atoms. The van der Waals surface area contributed by atoms with Gasteiger partial charge in [-0.05, 0) is 45.8 Å². The van der Waals surface area contributed by atoms with Crippen molar-refractivity contribution in [3.05, 3.63) is 56.7 Å². The summed E-state index contributed by atoms with van der Waals surface area (Å²) < 4.78 is 6.51. The molecule has 0 fully saturated rings. The number of hydrogen-bond acceptors (Lipinski definition) is 6. The summed E-state index contributed by atoms with van der Waals surface area (Å²) in [5.74, 6) is 0.837. The highest BCUT2D eigenvalue weighted by Gasteiger charge is 2.10. The highest BCUT2D eigenvalue weighted by Crippen LogP contribution is 2.30. The third-order valence-electron chi connectivity index (χ3n) is 2.59. The number of thiophene rings is 1. The van der Waals surface area contributed by atoms with Crippen LogP contribution in [0, 0.1) is 0 Å². The predicted octanol–water partition coefficient (Wildman–Crippen LogP) is 4.76. The fourth-order valence-corrected chi connectivity index (χ4v) is 3.01. The summed E-state index contributed by atoms with van der Waals surface area (Å²) in [5.41, 5.74) is 0.888. The molecule has 0 spiro atoms. The zero-order valence-electron chi connectivity index (χ0n) is 11.1. The second kappa shape index (κ2) is 7.04. The van der Waals surface area contributed by atoms with Gasteiger partial charge < -0.3 is 9.25 Å². The van der Waals surface area contributed by atoms with E-state index in [1.165, 1.54) is 11.3 Å². The lowest BCUT2D eigenvalue weighted by Crippen LogP contribution is -1.88. The van der Waals surface area contributed by atoms with Gasteiger partial charge >= 0.3 is 0 Å². The van der Waals surface area contributed by atoms with E-state index < -0.39 is 0 Å². The molecule has 2 heterocycles. The normalized spacial score (nSPS) is 11.2. The summed E-state index contributed by atoms with van der Waals surface area (Å²) in [6.07, 6.45) is 1.59. The summed E-state index contributed by atoms with van der Waals surface area (Å²) in [6, 6.07) is 11.1. The van der Waals surface area contributed by atoms with Crippen LogP contribution in [0.4, 0.5) is 0 Å². The molecule has 112 valence electrons. The van der Waals surface area contributed by atoms with Gasteiger partial charge in [0, 0.05) is 5.02 Å². The van der Waals surface area contributed by atoms with Crippen molar-refractivity contribution in [2.24, 2.45) is 5.16 Å². The molecular weight excluding hydrogens is 390 g/mol. The van der Waals surface area contributed by atoms with Crippen molar-refractivity contribution in [1.29, 1.82) is 0 Å². The number of benzene rings is 1. The molecule has 0 amide bonds. The number of aromatic nitrogens is 2. The predicted molar refractivity (Wildman–Crippen MR) is 89.1 cm³/mol. The number of rotatable bonds is 5. The summed E-state index contributed by atoms with van der Waals surface area (Å²) in [4.78, 5) is 6.04. The fraction of sp³-hybridized carbons (Fsp3) is 0.0714. The Morgan fingerprint density at radius 3 is 2.77 bits per heavy atom. The lowest BCUT2D eigenvalue weighted by Gasteiger charge is -1.95. The molecule has 0 N–H and O–H groups in total. The van der Waals surface area contributed by atoms with Crippen LogP contribution >= 0.6 is 38.9 Å². The van der Waals surface area contributed by atoms with Gasteiger partial charge in [0.2, 0.25) is 0 Å². The van der Waals surface area contributed by atoms with Gasteiger partial charge in [-0.25, -0.2) is 0 Å². The standard InChI is InChI=1S/C14H9BrClN3O2S/c15-12-6-5-11(22-12)14-19-18-13(21-14)8-20-17-7-9-1-3-10(16)4-2-9/h1-7H,8H2/b17-7-. The van der Waals surface area contributed by atoms with Crippen LogP contribution in [-0.2, 0) is 11.4 Å². The van der Waals surface area contributed by atoms with E-state index in [9.17, 15) is 0 Å². The van der Waals surface area contributed by atoms with Crippen molar-refractivity contribution in [1.82, 2.24) is 10.2 Å². The maximum Gasteiger partial charge on any atom is 0.257 e. The Balaban J connectivity index is 1.56. The molecular formula is C14H9BrClN3O2S. The van der Waals surface area contributed by atoms with Crippen molar-refractivity contribution in [2.75, 3.05) is 0 Å². The lowest BCUT2D eigenvalue weighted by molar-refractivity contribution is 0.112. The fourth-order valence-electron chi connectivity index (χ4n) is 1.58. The van der Waals surface area contributed by atoms with E-state index in [1.807, 2.05) is 24.3 Å². The number of oxime groups is 1. The smallest absolute Gasteiger partial charge is 0.257 e. The van der Waals surface area contributed by atoms with E-state index in [4.69, 9.17) is 20.9 Å². The SMILES string of the molecule is Clc1ccc(/C=N\OCc2nnc(-c3ccc(Br)s3)o2)cc1. The second-order valence-corrected chi connectivity index (χ2v) is 7.06. The van der Waals surface area contributed by atoms with Gasteiger partial charge in [0.15, 0.2) is 6.61 Å². The Hall–Kier alpha value is -1.70. The van der Waals surface area contributed by atoms with E-state index in [1.54, 1.807) is 18.3 Å². The minimum Gasteiger partial charge on any atom is -0.416 e. The Labute approximate surface area is 143 Å². The Kier molecular flexibility index (Phi) is 4.87. The lowest BCUT2D eigenvalue weighted by atomic mass is 10.2. The van der Waals surface area contributed by atoms with Gasteiger partial charge in [-0.3, -0.25) is 0 Å². The molecule has 0 aliphatic carbocycles. The van der Waals surface area contributed by atoms with Crippen LogP contribution in [0.3, 0.4) is 0 Å². The van der Waals surface area contributed by atoms with Gasteiger partial charge in [-0.2, -0.15) is 0 Å². The van der Waals surface area contributed by atoms with Crippen LogP contribution < -0.4 is 0 Å². The zero-order chi connectivity index (χ0) is 15.4. The molecule has 2 aromatic heterocycles. The highest BCUT2D eigenvalue weighted by molar-refractivity contribution is 9.11. The van der Waals surface area contributed by atoms with E-state index in [2.05, 4.69) is 31.3 Å². The quantitative estimate of drug-likeness (QED) is 0.459. The van der Waals surface area contributed by atoms with Gasteiger partial charge in [0.05, 0.1) is 14.9 Å². The van der Waals surface area contributed by atoms with Crippen LogP contribution in [-0.4, -0.2) is 16.4 Å². The maximum atomic E-state index is 5.80. The summed E-state index contributed by atoms with van der Waals surface area (Å²) in [7, 11) is 0. The maximum absolute atomic E-state index is 5.80. The average Bonchev–Trinajstić information content (AvgIpc) is 3.14. The largest absolute Gasteiger partial charge is 0.416 e. The van der Waals surface area contributed by atoms with Gasteiger partial charge in [-0.15, -0.1) is 21.5 Å². The molecule has 0 aliphatic rings. The first-order chi connectivity index (χ1) is 10.7. The third kappa shape index (κ3) is 3.94. The van der Waals surface area contributed by atoms with Crippen molar-refractivity contribution in [3.8, 4) is 10.8 Å². The van der Waals surface area contributed by atoms with E-state index >= 15 is 0 Å². The van der Waals surface area contributed by atoms with Crippen LogP contribution in [0.25, 0.3) is 10.8 Å². The molecule has 0 radical (unpaired) electrons. The Morgan fingerprint density at radius 1 is 1.23 bits per heavy atom. The van der Waals surface area contributed by atoms with Gasteiger partial charge in [0.1, 0.15) is 0 Å². The molecule has 1 aromatic carbocycles. The van der Waals surface area contributed by atoms with Crippen molar-refractivity contribution in [3.63, 3.8) is 0 Å². The molecule has 3 rings (SSSR count). The highest BCUT2D eigenvalue weighted by atomic mass is 79.9. The molecule has 0 aliphatic heterocycles. The first-order valence-corrected chi connectivity index (χ1v) is 8.18. The summed E-state index contributed by atoms with van der Waals surface area (Å²) in [5, 5.41) is 12.4. The first kappa shape index (κ1) is 15.2. The Morgan fingerprint density at radius 2 is 2.05 bits per heavy atom. The van der Waals surface area contributed by atoms with E-state index in [0.717, 1.165) is 14.2 Å². The molecule has 22 heavy (non-hydrogen) atoms. The summed E-state index contributed by atoms with van der Waals surface area (Å²) in [6.45, 7) is 0.115. The second-order valence-electron chi connectivity index (χ2n) is 4.16. The number of nitrogens with zero attached hydrogens (tertiary/aromatic N) is 3. The molecule has 5 nitrogen and oxygen atoms in total.